The van der Waals surface area contributed by atoms with Crippen molar-refractivity contribution in [2.75, 3.05) is 26.2 Å². The van der Waals surface area contributed by atoms with Gasteiger partial charge in [0.15, 0.2) is 0 Å². The number of rotatable bonds is 4. The maximum atomic E-state index is 14.3. The molecule has 0 aromatic heterocycles. The summed E-state index contributed by atoms with van der Waals surface area (Å²) in [5.74, 6) is 0.480. The largest absolute Gasteiger partial charge is 0.314 e. The van der Waals surface area contributed by atoms with Crippen LogP contribution >= 0.6 is 35.6 Å². The van der Waals surface area contributed by atoms with E-state index in [-0.39, 0.29) is 24.3 Å². The minimum absolute atomic E-state index is 0. The molecule has 2 fully saturated rings. The molecular formula is C15H20Cl3FN2. The second-order valence-electron chi connectivity index (χ2n) is 5.74. The lowest BCUT2D eigenvalue weighted by molar-refractivity contribution is 0.157. The first kappa shape index (κ1) is 17.3. The van der Waals surface area contributed by atoms with Gasteiger partial charge in [-0.2, -0.15) is 0 Å². The van der Waals surface area contributed by atoms with Crippen molar-refractivity contribution < 1.29 is 4.39 Å². The third kappa shape index (κ3) is 4.02. The van der Waals surface area contributed by atoms with Gasteiger partial charge in [0.25, 0.3) is 0 Å². The Labute approximate surface area is 141 Å². The second kappa shape index (κ2) is 7.47. The van der Waals surface area contributed by atoms with Gasteiger partial charge in [0.1, 0.15) is 5.82 Å². The molecule has 118 valence electrons. The van der Waals surface area contributed by atoms with E-state index < -0.39 is 0 Å². The van der Waals surface area contributed by atoms with Crippen molar-refractivity contribution in [3.8, 4) is 0 Å². The quantitative estimate of drug-likeness (QED) is 0.812. The summed E-state index contributed by atoms with van der Waals surface area (Å²) in [6.07, 6.45) is 3.49. The molecule has 1 aliphatic heterocycles. The Balaban J connectivity index is 0.00000161. The summed E-state index contributed by atoms with van der Waals surface area (Å²) in [5.41, 5.74) is 0.591. The number of piperazine rings is 1. The zero-order valence-corrected chi connectivity index (χ0v) is 14.1. The summed E-state index contributed by atoms with van der Waals surface area (Å²) in [7, 11) is 0. The van der Waals surface area contributed by atoms with Gasteiger partial charge in [0.05, 0.1) is 10.0 Å². The Morgan fingerprint density at radius 2 is 1.90 bits per heavy atom. The molecule has 3 rings (SSSR count). The standard InChI is InChI=1S/C15H19Cl2FN2.ClH/c16-11-3-4-12(18)14(15(11)17)13(9-10-1-2-10)20-7-5-19-6-8-20;/h3-4,10,13,19H,1-2,5-9H2;1H/t13-;/m0./s1. The van der Waals surface area contributed by atoms with Crippen molar-refractivity contribution in [3.63, 3.8) is 0 Å². The molecule has 1 N–H and O–H groups in total. The van der Waals surface area contributed by atoms with Crippen molar-refractivity contribution in [1.29, 1.82) is 0 Å². The lowest BCUT2D eigenvalue weighted by Gasteiger charge is -2.36. The molecule has 6 heteroatoms. The van der Waals surface area contributed by atoms with E-state index in [1.54, 1.807) is 0 Å². The number of nitrogens with zero attached hydrogens (tertiary/aromatic N) is 1. The van der Waals surface area contributed by atoms with Crippen LogP contribution in [-0.2, 0) is 0 Å². The van der Waals surface area contributed by atoms with Gasteiger partial charge in [-0.25, -0.2) is 4.39 Å². The molecular weight excluding hydrogens is 334 g/mol. The summed E-state index contributed by atoms with van der Waals surface area (Å²) in [4.78, 5) is 2.34. The van der Waals surface area contributed by atoms with E-state index in [9.17, 15) is 4.39 Å². The smallest absolute Gasteiger partial charge is 0.129 e. The Morgan fingerprint density at radius 1 is 1.24 bits per heavy atom. The Bertz CT molecular complexity index is 488. The molecule has 2 aliphatic rings. The Hall–Kier alpha value is -0.0600. The van der Waals surface area contributed by atoms with E-state index in [0.717, 1.165) is 32.6 Å². The van der Waals surface area contributed by atoms with Gasteiger partial charge in [0.2, 0.25) is 0 Å². The molecule has 0 bridgehead atoms. The summed E-state index contributed by atoms with van der Waals surface area (Å²) < 4.78 is 14.3. The van der Waals surface area contributed by atoms with Crippen LogP contribution in [0.15, 0.2) is 12.1 Å². The average molecular weight is 354 g/mol. The highest BCUT2D eigenvalue weighted by atomic mass is 35.5. The van der Waals surface area contributed by atoms with E-state index in [1.807, 2.05) is 0 Å². The molecule has 1 aromatic carbocycles. The molecule has 2 nitrogen and oxygen atoms in total. The predicted molar refractivity (Wildman–Crippen MR) is 88.2 cm³/mol. The molecule has 1 heterocycles. The fourth-order valence-corrected chi connectivity index (χ4v) is 3.40. The van der Waals surface area contributed by atoms with Crippen molar-refractivity contribution in [1.82, 2.24) is 10.2 Å². The summed E-state index contributed by atoms with van der Waals surface area (Å²) in [5, 5.41) is 4.16. The molecule has 0 amide bonds. The fourth-order valence-electron chi connectivity index (χ4n) is 2.96. The van der Waals surface area contributed by atoms with Crippen LogP contribution < -0.4 is 5.32 Å². The molecule has 0 radical (unpaired) electrons. The minimum Gasteiger partial charge on any atom is -0.314 e. The predicted octanol–water partition coefficient (Wildman–Crippen LogP) is 4.30. The zero-order chi connectivity index (χ0) is 14.1. The molecule has 1 aliphatic carbocycles. The van der Waals surface area contributed by atoms with Gasteiger partial charge in [-0.05, 0) is 24.5 Å². The molecule has 1 atom stereocenters. The highest BCUT2D eigenvalue weighted by Gasteiger charge is 2.33. The topological polar surface area (TPSA) is 15.3 Å². The van der Waals surface area contributed by atoms with Crippen molar-refractivity contribution in [3.05, 3.63) is 33.6 Å². The first-order valence-corrected chi connectivity index (χ1v) is 8.00. The van der Waals surface area contributed by atoms with Crippen LogP contribution in [0.1, 0.15) is 30.9 Å². The van der Waals surface area contributed by atoms with Gasteiger partial charge in [-0.1, -0.05) is 36.0 Å². The average Bonchev–Trinajstić information content (AvgIpc) is 3.27. The van der Waals surface area contributed by atoms with Crippen molar-refractivity contribution >= 4 is 35.6 Å². The lowest BCUT2D eigenvalue weighted by Crippen LogP contribution is -2.45. The summed E-state index contributed by atoms with van der Waals surface area (Å²) >= 11 is 12.4. The van der Waals surface area contributed by atoms with Crippen molar-refractivity contribution in [2.24, 2.45) is 5.92 Å². The number of hydrogen-bond acceptors (Lipinski definition) is 2. The van der Waals surface area contributed by atoms with Gasteiger partial charge in [-0.3, -0.25) is 4.90 Å². The molecule has 1 saturated carbocycles. The van der Waals surface area contributed by atoms with E-state index >= 15 is 0 Å². The van der Waals surface area contributed by atoms with Gasteiger partial charge in [-0.15, -0.1) is 12.4 Å². The monoisotopic (exact) mass is 352 g/mol. The third-order valence-electron chi connectivity index (χ3n) is 4.26. The summed E-state index contributed by atoms with van der Waals surface area (Å²) in [6.45, 7) is 3.75. The van der Waals surface area contributed by atoms with Crippen LogP contribution in [0.3, 0.4) is 0 Å². The van der Waals surface area contributed by atoms with Crippen LogP contribution in [0.2, 0.25) is 10.0 Å². The maximum absolute atomic E-state index is 14.3. The molecule has 1 saturated heterocycles. The third-order valence-corrected chi connectivity index (χ3v) is 5.08. The van der Waals surface area contributed by atoms with E-state index in [1.165, 1.54) is 25.0 Å². The van der Waals surface area contributed by atoms with Crippen molar-refractivity contribution in [2.45, 2.75) is 25.3 Å². The van der Waals surface area contributed by atoms with E-state index in [0.29, 0.717) is 21.5 Å². The highest BCUT2D eigenvalue weighted by molar-refractivity contribution is 6.42. The SMILES string of the molecule is Cl.Fc1ccc(Cl)c(Cl)c1[C@H](CC1CC1)N1CCNCC1. The maximum Gasteiger partial charge on any atom is 0.129 e. The van der Waals surface area contributed by atoms with Gasteiger partial charge in [0, 0.05) is 37.8 Å². The van der Waals surface area contributed by atoms with Crippen LogP contribution in [0.25, 0.3) is 0 Å². The first-order chi connectivity index (χ1) is 9.66. The minimum atomic E-state index is -0.233. The molecule has 1 aromatic rings. The molecule has 21 heavy (non-hydrogen) atoms. The van der Waals surface area contributed by atoms with E-state index in [2.05, 4.69) is 10.2 Å². The lowest BCUT2D eigenvalue weighted by atomic mass is 9.98. The first-order valence-electron chi connectivity index (χ1n) is 7.25. The number of halogens is 4. The Kier molecular flexibility index (Phi) is 6.15. The van der Waals surface area contributed by atoms with Crippen LogP contribution in [-0.4, -0.2) is 31.1 Å². The number of nitrogens with one attached hydrogen (secondary N) is 1. The number of hydrogen-bond donors (Lipinski definition) is 1. The fraction of sp³-hybridized carbons (Fsp3) is 0.600. The van der Waals surface area contributed by atoms with E-state index in [4.69, 9.17) is 23.2 Å². The normalized spacial score (nSPS) is 20.9. The Morgan fingerprint density at radius 3 is 2.52 bits per heavy atom. The number of benzene rings is 1. The zero-order valence-electron chi connectivity index (χ0n) is 11.7. The second-order valence-corrected chi connectivity index (χ2v) is 6.52. The summed E-state index contributed by atoms with van der Waals surface area (Å²) in [6, 6.07) is 3.02. The molecule has 0 unspecified atom stereocenters. The molecule has 0 spiro atoms. The van der Waals surface area contributed by atoms with Crippen LogP contribution in [0.4, 0.5) is 4.39 Å². The van der Waals surface area contributed by atoms with Gasteiger partial charge >= 0.3 is 0 Å². The van der Waals surface area contributed by atoms with Crippen LogP contribution in [0.5, 0.6) is 0 Å². The highest BCUT2D eigenvalue weighted by Crippen LogP contribution is 2.43. The van der Waals surface area contributed by atoms with Gasteiger partial charge < -0.3 is 5.32 Å². The van der Waals surface area contributed by atoms with Crippen LogP contribution in [0, 0.1) is 11.7 Å².